The van der Waals surface area contributed by atoms with E-state index < -0.39 is 11.7 Å². The summed E-state index contributed by atoms with van der Waals surface area (Å²) in [4.78, 5) is 28.5. The van der Waals surface area contributed by atoms with Crippen LogP contribution in [0.4, 0.5) is 16.0 Å². The number of carbonyl (C=O) groups excluding carboxylic acids is 1. The van der Waals surface area contributed by atoms with Crippen LogP contribution in [-0.4, -0.2) is 42.3 Å². The number of carbonyl (C=O) groups is 1. The summed E-state index contributed by atoms with van der Waals surface area (Å²) >= 11 is 0. The number of fused-ring (bicyclic) bond motifs is 1. The van der Waals surface area contributed by atoms with E-state index >= 15 is 4.39 Å². The summed E-state index contributed by atoms with van der Waals surface area (Å²) in [5, 5.41) is 15.0. The van der Waals surface area contributed by atoms with Crippen molar-refractivity contribution in [3.63, 3.8) is 0 Å². The van der Waals surface area contributed by atoms with Crippen LogP contribution in [0.25, 0.3) is 11.4 Å². The third kappa shape index (κ3) is 4.86. The number of rotatable bonds is 8. The van der Waals surface area contributed by atoms with Crippen molar-refractivity contribution in [2.45, 2.75) is 64.0 Å². The molecule has 3 N–H and O–H groups in total. The van der Waals surface area contributed by atoms with Gasteiger partial charge in [0, 0.05) is 30.3 Å². The normalized spacial score (nSPS) is 17.5. The maximum Gasteiger partial charge on any atom is 0.261 e. The SMILES string of the molecule is CC(C1CC1)n1cc(Cc2nc(N)nc(-c3cccc(N4CCc5cc(C6CC6)cc(F)c5C4=O)c3CO)n2)cn1. The van der Waals surface area contributed by atoms with Crippen molar-refractivity contribution in [1.82, 2.24) is 24.7 Å². The molecule has 2 saturated carbocycles. The van der Waals surface area contributed by atoms with E-state index in [1.807, 2.05) is 23.1 Å². The lowest BCUT2D eigenvalue weighted by molar-refractivity contribution is 0.0976. The first-order valence-corrected chi connectivity index (χ1v) is 14.3. The Morgan fingerprint density at radius 1 is 1.15 bits per heavy atom. The first-order chi connectivity index (χ1) is 19.9. The van der Waals surface area contributed by atoms with Crippen LogP contribution in [0.15, 0.2) is 42.7 Å². The molecule has 3 heterocycles. The number of nitrogens with zero attached hydrogens (tertiary/aromatic N) is 6. The third-order valence-corrected chi connectivity index (χ3v) is 8.59. The Labute approximate surface area is 237 Å². The molecule has 10 heteroatoms. The molecule has 1 amide bonds. The average molecular weight is 554 g/mol. The van der Waals surface area contributed by atoms with E-state index in [0.29, 0.717) is 65.7 Å². The molecule has 2 aliphatic carbocycles. The summed E-state index contributed by atoms with van der Waals surface area (Å²) in [5.41, 5.74) is 10.4. The zero-order chi connectivity index (χ0) is 28.2. The molecule has 7 rings (SSSR count). The van der Waals surface area contributed by atoms with E-state index in [-0.39, 0.29) is 18.1 Å². The quantitative estimate of drug-likeness (QED) is 0.327. The van der Waals surface area contributed by atoms with E-state index in [1.165, 1.54) is 23.8 Å². The van der Waals surface area contributed by atoms with Gasteiger partial charge in [0.2, 0.25) is 5.95 Å². The lowest BCUT2D eigenvalue weighted by Gasteiger charge is -2.31. The molecule has 2 fully saturated rings. The molecule has 210 valence electrons. The number of anilines is 2. The number of amides is 1. The molecule has 2 aromatic carbocycles. The highest BCUT2D eigenvalue weighted by atomic mass is 19.1. The van der Waals surface area contributed by atoms with Crippen LogP contribution < -0.4 is 10.6 Å². The molecule has 0 radical (unpaired) electrons. The molecular weight excluding hydrogens is 521 g/mol. The van der Waals surface area contributed by atoms with Gasteiger partial charge in [-0.15, -0.1) is 0 Å². The second kappa shape index (κ2) is 10.0. The van der Waals surface area contributed by atoms with Crippen LogP contribution in [0, 0.1) is 11.7 Å². The third-order valence-electron chi connectivity index (χ3n) is 8.59. The fourth-order valence-corrected chi connectivity index (χ4v) is 5.98. The van der Waals surface area contributed by atoms with Crippen molar-refractivity contribution in [2.24, 2.45) is 5.92 Å². The molecule has 41 heavy (non-hydrogen) atoms. The molecule has 1 unspecified atom stereocenters. The average Bonchev–Trinajstić information content (AvgIpc) is 3.90. The lowest BCUT2D eigenvalue weighted by atomic mass is 9.93. The number of aromatic nitrogens is 5. The molecule has 3 aliphatic rings. The standard InChI is InChI=1S/C31H32FN7O2/c1-17(19-5-6-19)39-15-18(14-34-39)11-27-35-29(37-31(33)36-27)23-3-2-4-26(24(23)16-40)38-10-9-21-12-22(20-7-8-20)13-25(32)28(21)30(38)41/h2-4,12-15,17,19-20,40H,5-11,16H2,1H3,(H2,33,35,36,37). The van der Waals surface area contributed by atoms with E-state index in [0.717, 1.165) is 29.5 Å². The van der Waals surface area contributed by atoms with Crippen molar-refractivity contribution in [3.8, 4) is 11.4 Å². The zero-order valence-corrected chi connectivity index (χ0v) is 22.9. The van der Waals surface area contributed by atoms with Crippen LogP contribution in [0.2, 0.25) is 0 Å². The van der Waals surface area contributed by atoms with Crippen LogP contribution >= 0.6 is 0 Å². The summed E-state index contributed by atoms with van der Waals surface area (Å²) in [5.74, 6) is 1.05. The number of benzene rings is 2. The molecule has 2 aromatic heterocycles. The van der Waals surface area contributed by atoms with Gasteiger partial charge in [-0.2, -0.15) is 15.1 Å². The van der Waals surface area contributed by atoms with Gasteiger partial charge in [-0.05, 0) is 79.7 Å². The second-order valence-electron chi connectivity index (χ2n) is 11.5. The van der Waals surface area contributed by atoms with Crippen molar-refractivity contribution in [2.75, 3.05) is 17.2 Å². The maximum absolute atomic E-state index is 15.2. The number of nitrogen functional groups attached to an aromatic ring is 1. The first kappa shape index (κ1) is 25.8. The Morgan fingerprint density at radius 2 is 1.98 bits per heavy atom. The Hall–Kier alpha value is -4.18. The summed E-state index contributed by atoms with van der Waals surface area (Å²) in [6.45, 7) is 2.20. The van der Waals surface area contributed by atoms with Crippen LogP contribution in [0.1, 0.15) is 83.0 Å². The number of aliphatic hydroxyl groups is 1. The summed E-state index contributed by atoms with van der Waals surface area (Å²) in [6.07, 6.45) is 9.41. The molecule has 1 aliphatic heterocycles. The minimum atomic E-state index is -0.481. The number of aliphatic hydroxyl groups excluding tert-OH is 1. The topological polar surface area (TPSA) is 123 Å². The summed E-state index contributed by atoms with van der Waals surface area (Å²) in [6, 6.07) is 9.17. The van der Waals surface area contributed by atoms with E-state index in [1.54, 1.807) is 18.2 Å². The van der Waals surface area contributed by atoms with Crippen LogP contribution in [-0.2, 0) is 19.4 Å². The van der Waals surface area contributed by atoms with Gasteiger partial charge >= 0.3 is 0 Å². The minimum absolute atomic E-state index is 0.0644. The molecule has 4 aromatic rings. The maximum atomic E-state index is 15.2. The van der Waals surface area contributed by atoms with Gasteiger partial charge in [0.25, 0.3) is 5.91 Å². The lowest BCUT2D eigenvalue weighted by Crippen LogP contribution is -2.39. The second-order valence-corrected chi connectivity index (χ2v) is 11.5. The van der Waals surface area contributed by atoms with Crippen molar-refractivity contribution in [1.29, 1.82) is 0 Å². The first-order valence-electron chi connectivity index (χ1n) is 14.3. The highest BCUT2D eigenvalue weighted by molar-refractivity contribution is 6.09. The fraction of sp³-hybridized carbons (Fsp3) is 0.387. The Bertz CT molecular complexity index is 1660. The van der Waals surface area contributed by atoms with Crippen molar-refractivity contribution < 1.29 is 14.3 Å². The Balaban J connectivity index is 1.19. The molecule has 9 nitrogen and oxygen atoms in total. The predicted octanol–water partition coefficient (Wildman–Crippen LogP) is 4.59. The van der Waals surface area contributed by atoms with Gasteiger partial charge in [-0.3, -0.25) is 9.48 Å². The smallest absolute Gasteiger partial charge is 0.261 e. The number of halogens is 1. The molecule has 0 bridgehead atoms. The van der Waals surface area contributed by atoms with E-state index in [2.05, 4.69) is 27.0 Å². The monoisotopic (exact) mass is 553 g/mol. The van der Waals surface area contributed by atoms with Gasteiger partial charge in [0.05, 0.1) is 30.1 Å². The Morgan fingerprint density at radius 3 is 2.73 bits per heavy atom. The van der Waals surface area contributed by atoms with Gasteiger partial charge < -0.3 is 15.7 Å². The molecule has 0 saturated heterocycles. The van der Waals surface area contributed by atoms with Crippen molar-refractivity contribution >= 4 is 17.5 Å². The summed E-state index contributed by atoms with van der Waals surface area (Å²) in [7, 11) is 0. The molecule has 0 spiro atoms. The van der Waals surface area contributed by atoms with Crippen LogP contribution in [0.3, 0.4) is 0 Å². The van der Waals surface area contributed by atoms with E-state index in [9.17, 15) is 9.90 Å². The number of hydrogen-bond acceptors (Lipinski definition) is 7. The highest BCUT2D eigenvalue weighted by Crippen LogP contribution is 2.42. The highest BCUT2D eigenvalue weighted by Gasteiger charge is 2.33. The van der Waals surface area contributed by atoms with Crippen molar-refractivity contribution in [3.05, 3.63) is 82.2 Å². The molecular formula is C31H32FN7O2. The Kier molecular flexibility index (Phi) is 6.30. The number of hydrogen-bond donors (Lipinski definition) is 2. The largest absolute Gasteiger partial charge is 0.392 e. The minimum Gasteiger partial charge on any atom is -0.392 e. The van der Waals surface area contributed by atoms with E-state index in [4.69, 9.17) is 5.73 Å². The predicted molar refractivity (Wildman–Crippen MR) is 152 cm³/mol. The molecule has 1 atom stereocenters. The van der Waals surface area contributed by atoms with Gasteiger partial charge in [-0.25, -0.2) is 9.37 Å². The van der Waals surface area contributed by atoms with Crippen LogP contribution in [0.5, 0.6) is 0 Å². The summed E-state index contributed by atoms with van der Waals surface area (Å²) < 4.78 is 17.2. The number of nitrogens with two attached hydrogens (primary N) is 1. The van der Waals surface area contributed by atoms with Gasteiger partial charge in [-0.1, -0.05) is 18.2 Å². The van der Waals surface area contributed by atoms with Gasteiger partial charge in [0.1, 0.15) is 11.6 Å². The fourth-order valence-electron chi connectivity index (χ4n) is 5.98. The zero-order valence-electron chi connectivity index (χ0n) is 22.9. The van der Waals surface area contributed by atoms with Gasteiger partial charge in [0.15, 0.2) is 5.82 Å².